The van der Waals surface area contributed by atoms with Gasteiger partial charge in [0.25, 0.3) is 0 Å². The fourth-order valence-corrected chi connectivity index (χ4v) is 3.79. The SMILES string of the molecule is Clc1ccc(CC2(CBr)CCCC2)c(Cl)c1. The van der Waals surface area contributed by atoms with Crippen molar-refractivity contribution in [2.24, 2.45) is 5.41 Å². The molecule has 1 aliphatic carbocycles. The minimum absolute atomic E-state index is 0.414. The van der Waals surface area contributed by atoms with E-state index in [9.17, 15) is 0 Å². The molecule has 1 fully saturated rings. The number of benzene rings is 1. The molecule has 1 aromatic carbocycles. The Hall–Kier alpha value is 0.280. The van der Waals surface area contributed by atoms with E-state index in [-0.39, 0.29) is 0 Å². The van der Waals surface area contributed by atoms with Gasteiger partial charge in [0.05, 0.1) is 0 Å². The molecule has 0 atom stereocenters. The molecule has 0 bridgehead atoms. The third kappa shape index (κ3) is 2.75. The Morgan fingerprint density at radius 2 is 1.88 bits per heavy atom. The molecule has 0 saturated heterocycles. The molecule has 0 nitrogen and oxygen atoms in total. The zero-order valence-electron chi connectivity index (χ0n) is 9.11. The number of alkyl halides is 1. The number of hydrogen-bond acceptors (Lipinski definition) is 0. The van der Waals surface area contributed by atoms with Crippen LogP contribution in [-0.4, -0.2) is 5.33 Å². The molecular weight excluding hydrogens is 307 g/mol. The smallest absolute Gasteiger partial charge is 0.0453 e. The second-order valence-corrected chi connectivity index (χ2v) is 6.16. The largest absolute Gasteiger partial charge is 0.0922 e. The van der Waals surface area contributed by atoms with Crippen LogP contribution < -0.4 is 0 Å². The topological polar surface area (TPSA) is 0 Å². The van der Waals surface area contributed by atoms with Crippen LogP contribution in [0, 0.1) is 5.41 Å². The second kappa shape index (κ2) is 5.29. The van der Waals surface area contributed by atoms with Gasteiger partial charge in [-0.2, -0.15) is 0 Å². The van der Waals surface area contributed by atoms with Crippen LogP contribution in [0.3, 0.4) is 0 Å². The third-order valence-electron chi connectivity index (χ3n) is 3.53. The van der Waals surface area contributed by atoms with E-state index in [1.54, 1.807) is 0 Å². The lowest BCUT2D eigenvalue weighted by Gasteiger charge is -2.27. The highest BCUT2D eigenvalue weighted by molar-refractivity contribution is 9.09. The highest BCUT2D eigenvalue weighted by Crippen LogP contribution is 2.43. The fourth-order valence-electron chi connectivity index (χ4n) is 2.55. The van der Waals surface area contributed by atoms with E-state index in [1.165, 1.54) is 31.2 Å². The first-order chi connectivity index (χ1) is 7.65. The summed E-state index contributed by atoms with van der Waals surface area (Å²) in [4.78, 5) is 0. The van der Waals surface area contributed by atoms with Gasteiger partial charge in [0, 0.05) is 15.4 Å². The summed E-state index contributed by atoms with van der Waals surface area (Å²) >= 11 is 15.8. The Morgan fingerprint density at radius 1 is 1.19 bits per heavy atom. The van der Waals surface area contributed by atoms with E-state index in [0.717, 1.165) is 16.8 Å². The van der Waals surface area contributed by atoms with Crippen LogP contribution in [-0.2, 0) is 6.42 Å². The summed E-state index contributed by atoms with van der Waals surface area (Å²) in [7, 11) is 0. The van der Waals surface area contributed by atoms with Crippen LogP contribution in [0.4, 0.5) is 0 Å². The average molecular weight is 322 g/mol. The molecule has 0 N–H and O–H groups in total. The Kier molecular flexibility index (Phi) is 4.21. The van der Waals surface area contributed by atoms with Crippen molar-refractivity contribution in [3.63, 3.8) is 0 Å². The van der Waals surface area contributed by atoms with Crippen molar-refractivity contribution in [1.82, 2.24) is 0 Å². The molecule has 0 aliphatic heterocycles. The molecule has 0 heterocycles. The van der Waals surface area contributed by atoms with Crippen molar-refractivity contribution in [3.8, 4) is 0 Å². The van der Waals surface area contributed by atoms with Crippen LogP contribution in [0.2, 0.25) is 10.0 Å². The summed E-state index contributed by atoms with van der Waals surface area (Å²) in [5.41, 5.74) is 1.64. The van der Waals surface area contributed by atoms with Gasteiger partial charge in [0.2, 0.25) is 0 Å². The highest BCUT2D eigenvalue weighted by atomic mass is 79.9. The van der Waals surface area contributed by atoms with Crippen molar-refractivity contribution in [2.75, 3.05) is 5.33 Å². The van der Waals surface area contributed by atoms with Gasteiger partial charge in [-0.1, -0.05) is 58.0 Å². The zero-order chi connectivity index (χ0) is 11.6. The molecule has 2 rings (SSSR count). The Labute approximate surface area is 115 Å². The Balaban J connectivity index is 2.19. The second-order valence-electron chi connectivity index (χ2n) is 4.75. The van der Waals surface area contributed by atoms with Crippen LogP contribution in [0.15, 0.2) is 18.2 Å². The normalized spacial score (nSPS) is 18.9. The summed E-state index contributed by atoms with van der Waals surface area (Å²) in [6, 6.07) is 5.84. The van der Waals surface area contributed by atoms with Gasteiger partial charge in [-0.05, 0) is 42.4 Å². The molecule has 1 saturated carbocycles. The summed E-state index contributed by atoms with van der Waals surface area (Å²) in [5, 5.41) is 2.59. The van der Waals surface area contributed by atoms with Crippen LogP contribution in [0.1, 0.15) is 31.2 Å². The molecule has 1 aromatic rings. The molecule has 0 aromatic heterocycles. The monoisotopic (exact) mass is 320 g/mol. The predicted octanol–water partition coefficient (Wildman–Crippen LogP) is 5.49. The van der Waals surface area contributed by atoms with Crippen molar-refractivity contribution in [1.29, 1.82) is 0 Å². The van der Waals surface area contributed by atoms with Crippen molar-refractivity contribution < 1.29 is 0 Å². The lowest BCUT2D eigenvalue weighted by atomic mass is 9.82. The molecule has 3 heteroatoms. The first-order valence-corrected chi connectivity index (χ1v) is 7.53. The van der Waals surface area contributed by atoms with Gasteiger partial charge in [-0.15, -0.1) is 0 Å². The maximum Gasteiger partial charge on any atom is 0.0453 e. The maximum atomic E-state index is 6.23. The van der Waals surface area contributed by atoms with Crippen LogP contribution >= 0.6 is 39.1 Å². The van der Waals surface area contributed by atoms with Crippen LogP contribution in [0.5, 0.6) is 0 Å². The predicted molar refractivity (Wildman–Crippen MR) is 74.9 cm³/mol. The molecule has 0 spiro atoms. The number of rotatable bonds is 3. The third-order valence-corrected chi connectivity index (χ3v) is 5.30. The highest BCUT2D eigenvalue weighted by Gasteiger charge is 2.33. The standard InChI is InChI=1S/C13H15BrCl2/c14-9-13(5-1-2-6-13)8-10-3-4-11(15)7-12(10)16/h3-4,7H,1-2,5-6,8-9H2. The zero-order valence-corrected chi connectivity index (χ0v) is 12.2. The average Bonchev–Trinajstić information content (AvgIpc) is 2.72. The molecule has 0 amide bonds. The first kappa shape index (κ1) is 12.7. The van der Waals surface area contributed by atoms with Crippen molar-refractivity contribution in [2.45, 2.75) is 32.1 Å². The van der Waals surface area contributed by atoms with Gasteiger partial charge < -0.3 is 0 Å². The lowest BCUT2D eigenvalue weighted by Crippen LogP contribution is -2.21. The van der Waals surface area contributed by atoms with E-state index in [4.69, 9.17) is 23.2 Å². The van der Waals surface area contributed by atoms with Gasteiger partial charge in [-0.25, -0.2) is 0 Å². The molecule has 16 heavy (non-hydrogen) atoms. The van der Waals surface area contributed by atoms with Gasteiger partial charge >= 0.3 is 0 Å². The summed E-state index contributed by atoms with van der Waals surface area (Å²) in [6.45, 7) is 0. The molecular formula is C13H15BrCl2. The fraction of sp³-hybridized carbons (Fsp3) is 0.538. The quantitative estimate of drug-likeness (QED) is 0.646. The molecule has 1 aliphatic rings. The maximum absolute atomic E-state index is 6.23. The first-order valence-electron chi connectivity index (χ1n) is 5.65. The molecule has 88 valence electrons. The van der Waals surface area contributed by atoms with Crippen LogP contribution in [0.25, 0.3) is 0 Å². The molecule has 0 radical (unpaired) electrons. The van der Waals surface area contributed by atoms with E-state index in [2.05, 4.69) is 22.0 Å². The molecule has 0 unspecified atom stereocenters. The van der Waals surface area contributed by atoms with Crippen molar-refractivity contribution in [3.05, 3.63) is 33.8 Å². The van der Waals surface area contributed by atoms with E-state index < -0.39 is 0 Å². The van der Waals surface area contributed by atoms with E-state index in [1.807, 2.05) is 12.1 Å². The van der Waals surface area contributed by atoms with Gasteiger partial charge in [0.1, 0.15) is 0 Å². The minimum Gasteiger partial charge on any atom is -0.0922 e. The number of halogens is 3. The summed E-state index contributed by atoms with van der Waals surface area (Å²) in [6.07, 6.45) is 6.36. The van der Waals surface area contributed by atoms with Gasteiger partial charge in [0.15, 0.2) is 0 Å². The lowest BCUT2D eigenvalue weighted by molar-refractivity contribution is 0.347. The number of hydrogen-bond donors (Lipinski definition) is 0. The summed E-state index contributed by atoms with van der Waals surface area (Å²) < 4.78 is 0. The summed E-state index contributed by atoms with van der Waals surface area (Å²) in [5.74, 6) is 0. The van der Waals surface area contributed by atoms with E-state index >= 15 is 0 Å². The Bertz CT molecular complexity index is 370. The van der Waals surface area contributed by atoms with Gasteiger partial charge in [-0.3, -0.25) is 0 Å². The minimum atomic E-state index is 0.414. The Morgan fingerprint density at radius 3 is 2.44 bits per heavy atom. The van der Waals surface area contributed by atoms with Crippen molar-refractivity contribution >= 4 is 39.1 Å². The van der Waals surface area contributed by atoms with E-state index in [0.29, 0.717) is 10.4 Å².